The van der Waals surface area contributed by atoms with E-state index in [-0.39, 0.29) is 18.6 Å². The highest BCUT2D eigenvalue weighted by molar-refractivity contribution is 6.31. The highest BCUT2D eigenvalue weighted by atomic mass is 35.5. The van der Waals surface area contributed by atoms with Crippen LogP contribution in [0.25, 0.3) is 0 Å². The van der Waals surface area contributed by atoms with Crippen molar-refractivity contribution in [3.8, 4) is 5.75 Å². The van der Waals surface area contributed by atoms with Crippen LogP contribution in [0.15, 0.2) is 42.7 Å². The Morgan fingerprint density at radius 3 is 3.08 bits per heavy atom. The lowest BCUT2D eigenvalue weighted by Crippen LogP contribution is -2.50. The van der Waals surface area contributed by atoms with Crippen molar-refractivity contribution in [1.82, 2.24) is 15.2 Å². The molecule has 126 valence electrons. The summed E-state index contributed by atoms with van der Waals surface area (Å²) in [6.07, 6.45) is 3.54. The Labute approximate surface area is 146 Å². The van der Waals surface area contributed by atoms with Crippen molar-refractivity contribution in [2.75, 3.05) is 26.2 Å². The van der Waals surface area contributed by atoms with Gasteiger partial charge in [-0.3, -0.25) is 9.78 Å². The standard InChI is InChI=1S/C18H20ClN3O2/c1-13-15(19)5-2-6-17(13)24-12-18(23)22-9-8-21-11-16(22)14-4-3-7-20-10-14/h2-7,10,16,21H,8-9,11-12H2,1H3. The van der Waals surface area contributed by atoms with Crippen LogP contribution in [0, 0.1) is 6.92 Å². The van der Waals surface area contributed by atoms with E-state index in [1.54, 1.807) is 18.5 Å². The second-order valence-corrected chi connectivity index (χ2v) is 6.15. The Balaban J connectivity index is 1.69. The second-order valence-electron chi connectivity index (χ2n) is 5.75. The summed E-state index contributed by atoms with van der Waals surface area (Å²) in [5.74, 6) is 0.605. The summed E-state index contributed by atoms with van der Waals surface area (Å²) in [4.78, 5) is 18.7. The average Bonchev–Trinajstić information content (AvgIpc) is 2.63. The first kappa shape index (κ1) is 16.7. The first-order chi connectivity index (χ1) is 11.7. The van der Waals surface area contributed by atoms with Crippen molar-refractivity contribution in [3.05, 3.63) is 58.9 Å². The van der Waals surface area contributed by atoms with E-state index in [1.165, 1.54) is 0 Å². The number of piperazine rings is 1. The van der Waals surface area contributed by atoms with E-state index in [4.69, 9.17) is 16.3 Å². The zero-order valence-corrected chi connectivity index (χ0v) is 14.3. The molecular weight excluding hydrogens is 326 g/mol. The number of pyridine rings is 1. The van der Waals surface area contributed by atoms with E-state index in [9.17, 15) is 4.79 Å². The van der Waals surface area contributed by atoms with E-state index >= 15 is 0 Å². The zero-order valence-electron chi connectivity index (χ0n) is 13.5. The van der Waals surface area contributed by atoms with Crippen molar-refractivity contribution >= 4 is 17.5 Å². The Bertz CT molecular complexity index is 709. The highest BCUT2D eigenvalue weighted by Gasteiger charge is 2.28. The number of hydrogen-bond acceptors (Lipinski definition) is 4. The summed E-state index contributed by atoms with van der Waals surface area (Å²) >= 11 is 6.09. The van der Waals surface area contributed by atoms with E-state index in [0.29, 0.717) is 23.9 Å². The number of nitrogens with zero attached hydrogens (tertiary/aromatic N) is 2. The van der Waals surface area contributed by atoms with Crippen molar-refractivity contribution < 1.29 is 9.53 Å². The lowest BCUT2D eigenvalue weighted by molar-refractivity contribution is -0.136. The molecule has 0 aliphatic carbocycles. The summed E-state index contributed by atoms with van der Waals surface area (Å²) in [6, 6.07) is 9.30. The number of nitrogens with one attached hydrogen (secondary N) is 1. The molecule has 5 nitrogen and oxygen atoms in total. The molecule has 0 spiro atoms. The molecule has 1 aliphatic rings. The molecule has 1 aromatic heterocycles. The van der Waals surface area contributed by atoms with Gasteiger partial charge in [-0.15, -0.1) is 0 Å². The number of ether oxygens (including phenoxy) is 1. The fourth-order valence-electron chi connectivity index (χ4n) is 2.84. The molecule has 1 saturated heterocycles. The van der Waals surface area contributed by atoms with Crippen LogP contribution in [-0.4, -0.2) is 42.0 Å². The second kappa shape index (κ2) is 7.64. The first-order valence-electron chi connectivity index (χ1n) is 7.95. The highest BCUT2D eigenvalue weighted by Crippen LogP contribution is 2.26. The fraction of sp³-hybridized carbons (Fsp3) is 0.333. The van der Waals surface area contributed by atoms with Gasteiger partial charge in [0, 0.05) is 42.6 Å². The number of carbonyl (C=O) groups excluding carboxylic acids is 1. The van der Waals surface area contributed by atoms with Gasteiger partial charge in [0.05, 0.1) is 6.04 Å². The Hall–Kier alpha value is -2.11. The van der Waals surface area contributed by atoms with Crippen LogP contribution in [0.4, 0.5) is 0 Å². The van der Waals surface area contributed by atoms with E-state index in [1.807, 2.05) is 36.1 Å². The molecule has 1 unspecified atom stereocenters. The number of rotatable bonds is 4. The summed E-state index contributed by atoms with van der Waals surface area (Å²) in [5, 5.41) is 3.96. The lowest BCUT2D eigenvalue weighted by atomic mass is 10.1. The third kappa shape index (κ3) is 3.68. The topological polar surface area (TPSA) is 54.5 Å². The third-order valence-electron chi connectivity index (χ3n) is 4.20. The van der Waals surface area contributed by atoms with Crippen LogP contribution >= 0.6 is 11.6 Å². The van der Waals surface area contributed by atoms with Gasteiger partial charge in [0.15, 0.2) is 6.61 Å². The Morgan fingerprint density at radius 2 is 2.29 bits per heavy atom. The molecule has 1 fully saturated rings. The van der Waals surface area contributed by atoms with Gasteiger partial charge >= 0.3 is 0 Å². The molecule has 0 bridgehead atoms. The monoisotopic (exact) mass is 345 g/mol. The summed E-state index contributed by atoms with van der Waals surface area (Å²) < 4.78 is 5.71. The molecule has 1 atom stereocenters. The minimum atomic E-state index is -0.0373. The molecule has 1 amide bonds. The van der Waals surface area contributed by atoms with Gasteiger partial charge in [-0.1, -0.05) is 23.7 Å². The lowest BCUT2D eigenvalue weighted by Gasteiger charge is -2.36. The third-order valence-corrected chi connectivity index (χ3v) is 4.61. The molecule has 6 heteroatoms. The summed E-state index contributed by atoms with van der Waals surface area (Å²) in [5.41, 5.74) is 1.87. The largest absolute Gasteiger partial charge is 0.483 e. The molecule has 3 rings (SSSR count). The van der Waals surface area contributed by atoms with E-state index in [0.717, 1.165) is 17.7 Å². The van der Waals surface area contributed by atoms with Gasteiger partial charge in [0.1, 0.15) is 5.75 Å². The SMILES string of the molecule is Cc1c(Cl)cccc1OCC(=O)N1CCNCC1c1cccnc1. The normalized spacial score (nSPS) is 17.6. The smallest absolute Gasteiger partial charge is 0.261 e. The Kier molecular flexibility index (Phi) is 5.33. The van der Waals surface area contributed by atoms with Crippen LogP contribution in [0.5, 0.6) is 5.75 Å². The maximum atomic E-state index is 12.7. The number of hydrogen-bond donors (Lipinski definition) is 1. The van der Waals surface area contributed by atoms with E-state index in [2.05, 4.69) is 10.3 Å². The Morgan fingerprint density at radius 1 is 1.42 bits per heavy atom. The predicted octanol–water partition coefficient (Wildman–Crippen LogP) is 2.60. The number of aromatic nitrogens is 1. The molecule has 0 radical (unpaired) electrons. The summed E-state index contributed by atoms with van der Waals surface area (Å²) in [7, 11) is 0. The van der Waals surface area contributed by atoms with Crippen LogP contribution in [-0.2, 0) is 4.79 Å². The van der Waals surface area contributed by atoms with Crippen molar-refractivity contribution in [2.45, 2.75) is 13.0 Å². The molecule has 24 heavy (non-hydrogen) atoms. The van der Waals surface area contributed by atoms with Gasteiger partial charge in [-0.25, -0.2) is 0 Å². The number of amides is 1. The minimum absolute atomic E-state index is 0.00204. The van der Waals surface area contributed by atoms with Crippen molar-refractivity contribution in [2.24, 2.45) is 0 Å². The predicted molar refractivity (Wildman–Crippen MR) is 93.2 cm³/mol. The number of benzene rings is 1. The van der Waals surface area contributed by atoms with Crippen LogP contribution in [0.1, 0.15) is 17.2 Å². The van der Waals surface area contributed by atoms with Crippen LogP contribution in [0.3, 0.4) is 0 Å². The summed E-state index contributed by atoms with van der Waals surface area (Å²) in [6.45, 7) is 4.02. The van der Waals surface area contributed by atoms with Gasteiger partial charge in [-0.05, 0) is 30.7 Å². The van der Waals surface area contributed by atoms with Crippen LogP contribution < -0.4 is 10.1 Å². The first-order valence-corrected chi connectivity index (χ1v) is 8.32. The van der Waals surface area contributed by atoms with E-state index < -0.39 is 0 Å². The molecular formula is C18H20ClN3O2. The maximum absolute atomic E-state index is 12.7. The van der Waals surface area contributed by atoms with Crippen LogP contribution in [0.2, 0.25) is 5.02 Å². The molecule has 0 saturated carbocycles. The number of carbonyl (C=O) groups is 1. The van der Waals surface area contributed by atoms with Crippen molar-refractivity contribution in [3.63, 3.8) is 0 Å². The number of halogens is 1. The van der Waals surface area contributed by atoms with Gasteiger partial charge in [-0.2, -0.15) is 0 Å². The maximum Gasteiger partial charge on any atom is 0.261 e. The van der Waals surface area contributed by atoms with Crippen molar-refractivity contribution in [1.29, 1.82) is 0 Å². The average molecular weight is 346 g/mol. The molecule has 2 aromatic rings. The van der Waals surface area contributed by atoms with Gasteiger partial charge in [0.25, 0.3) is 5.91 Å². The molecule has 1 aliphatic heterocycles. The molecule has 1 N–H and O–H groups in total. The van der Waals surface area contributed by atoms with Gasteiger partial charge < -0.3 is 15.0 Å². The molecule has 1 aromatic carbocycles. The molecule has 2 heterocycles. The quantitative estimate of drug-likeness (QED) is 0.925. The minimum Gasteiger partial charge on any atom is -0.483 e. The van der Waals surface area contributed by atoms with Gasteiger partial charge in [0.2, 0.25) is 0 Å². The fourth-order valence-corrected chi connectivity index (χ4v) is 3.01. The zero-order chi connectivity index (χ0) is 16.9.